The van der Waals surface area contributed by atoms with Gasteiger partial charge in [-0.05, 0) is 12.1 Å². The predicted octanol–water partition coefficient (Wildman–Crippen LogP) is 0.595. The first-order valence-corrected chi connectivity index (χ1v) is 2.66. The van der Waals surface area contributed by atoms with Crippen LogP contribution in [-0.2, 0) is 0 Å². The van der Waals surface area contributed by atoms with Gasteiger partial charge in [0.25, 0.3) is 0 Å². The molecule has 0 fully saturated rings. The Balaban J connectivity index is 3.03. The number of aromatic hydroxyl groups is 1. The largest absolute Gasteiger partial charge is 0.506 e. The van der Waals surface area contributed by atoms with Crippen molar-refractivity contribution in [3.05, 3.63) is 24.0 Å². The molecule has 0 aliphatic heterocycles. The molecule has 4 nitrogen and oxygen atoms in total. The molecule has 0 aliphatic carbocycles. The summed E-state index contributed by atoms with van der Waals surface area (Å²) in [5.74, 6) is 0.000278. The molecule has 0 aliphatic rings. The fourth-order valence-electron chi connectivity index (χ4n) is 0.563. The van der Waals surface area contributed by atoms with E-state index in [-0.39, 0.29) is 11.4 Å². The van der Waals surface area contributed by atoms with Crippen molar-refractivity contribution in [1.82, 2.24) is 4.98 Å². The topological polar surface area (TPSA) is 65.7 Å². The van der Waals surface area contributed by atoms with Gasteiger partial charge in [-0.15, -0.1) is 0 Å². The molecule has 10 heavy (non-hydrogen) atoms. The molecule has 4 heteroatoms. The maximum absolute atomic E-state index is 8.98. The molecule has 0 spiro atoms. The van der Waals surface area contributed by atoms with Crippen molar-refractivity contribution in [1.29, 1.82) is 0 Å². The highest BCUT2D eigenvalue weighted by Crippen LogP contribution is 2.08. The van der Waals surface area contributed by atoms with Crippen LogP contribution in [0.15, 0.2) is 23.5 Å². The van der Waals surface area contributed by atoms with E-state index in [2.05, 4.69) is 10.1 Å². The molecule has 0 saturated carbocycles. The Hall–Kier alpha value is -1.58. The summed E-state index contributed by atoms with van der Waals surface area (Å²) in [6.45, 7) is 0. The highest BCUT2D eigenvalue weighted by Gasteiger charge is 1.94. The van der Waals surface area contributed by atoms with Gasteiger partial charge in [0.05, 0.1) is 6.21 Å². The molecule has 0 bridgehead atoms. The molecule has 1 heterocycles. The van der Waals surface area contributed by atoms with Crippen LogP contribution in [0.1, 0.15) is 5.69 Å². The lowest BCUT2D eigenvalue weighted by molar-refractivity contribution is 0.321. The molecule has 0 saturated heterocycles. The Morgan fingerprint density at radius 1 is 1.60 bits per heavy atom. The monoisotopic (exact) mass is 138 g/mol. The number of aromatic nitrogens is 1. The van der Waals surface area contributed by atoms with Crippen molar-refractivity contribution < 1.29 is 10.3 Å². The highest BCUT2D eigenvalue weighted by atomic mass is 16.4. The van der Waals surface area contributed by atoms with Crippen molar-refractivity contribution in [3.63, 3.8) is 0 Å². The lowest BCUT2D eigenvalue weighted by Gasteiger charge is -1.92. The van der Waals surface area contributed by atoms with Gasteiger partial charge in [0.1, 0.15) is 11.4 Å². The van der Waals surface area contributed by atoms with E-state index in [1.165, 1.54) is 12.3 Å². The van der Waals surface area contributed by atoms with Crippen LogP contribution in [0.3, 0.4) is 0 Å². The van der Waals surface area contributed by atoms with Crippen LogP contribution in [0.4, 0.5) is 0 Å². The van der Waals surface area contributed by atoms with E-state index < -0.39 is 0 Å². The standard InChI is InChI=1S/C6H6N2O2/c9-6-2-1-3-7-5(6)4-8-10/h1-4,9-10H/b8-4+. The lowest BCUT2D eigenvalue weighted by atomic mass is 10.3. The Morgan fingerprint density at radius 2 is 2.40 bits per heavy atom. The zero-order valence-electron chi connectivity index (χ0n) is 5.10. The molecule has 1 aromatic heterocycles. The molecule has 0 unspecified atom stereocenters. The average Bonchev–Trinajstić information content (AvgIpc) is 1.94. The van der Waals surface area contributed by atoms with Crippen LogP contribution in [0.5, 0.6) is 5.75 Å². The lowest BCUT2D eigenvalue weighted by Crippen LogP contribution is -1.85. The minimum atomic E-state index is 0.000278. The molecule has 0 atom stereocenters. The summed E-state index contributed by atoms with van der Waals surface area (Å²) in [6.07, 6.45) is 2.56. The first kappa shape index (κ1) is 6.54. The van der Waals surface area contributed by atoms with E-state index in [1.54, 1.807) is 6.07 Å². The number of nitrogens with zero attached hydrogens (tertiary/aromatic N) is 2. The summed E-state index contributed by atoms with van der Waals surface area (Å²) in [5.41, 5.74) is 0.255. The minimum Gasteiger partial charge on any atom is -0.506 e. The molecule has 52 valence electrons. The molecule has 0 radical (unpaired) electrons. The Labute approximate surface area is 57.5 Å². The molecular weight excluding hydrogens is 132 g/mol. The van der Waals surface area contributed by atoms with Gasteiger partial charge >= 0.3 is 0 Å². The van der Waals surface area contributed by atoms with Gasteiger partial charge in [0.2, 0.25) is 0 Å². The van der Waals surface area contributed by atoms with Crippen LogP contribution in [0, 0.1) is 0 Å². The summed E-state index contributed by atoms with van der Waals surface area (Å²) in [7, 11) is 0. The number of rotatable bonds is 1. The Morgan fingerprint density at radius 3 is 3.00 bits per heavy atom. The number of pyridine rings is 1. The summed E-state index contributed by atoms with van der Waals surface area (Å²) < 4.78 is 0. The quantitative estimate of drug-likeness (QED) is 0.339. The van der Waals surface area contributed by atoms with Crippen LogP contribution in [0.25, 0.3) is 0 Å². The second-order valence-electron chi connectivity index (χ2n) is 1.65. The van der Waals surface area contributed by atoms with Crippen molar-refractivity contribution in [3.8, 4) is 5.75 Å². The summed E-state index contributed by atoms with van der Waals surface area (Å²) in [4.78, 5) is 3.71. The van der Waals surface area contributed by atoms with Crippen LogP contribution >= 0.6 is 0 Å². The Bertz CT molecular complexity index is 247. The third kappa shape index (κ3) is 1.22. The molecule has 0 amide bonds. The van der Waals surface area contributed by atoms with Crippen LogP contribution in [-0.4, -0.2) is 21.5 Å². The zero-order valence-corrected chi connectivity index (χ0v) is 5.10. The first-order valence-electron chi connectivity index (χ1n) is 2.66. The van der Waals surface area contributed by atoms with Crippen LogP contribution < -0.4 is 0 Å². The minimum absolute atomic E-state index is 0.000278. The number of hydrogen-bond acceptors (Lipinski definition) is 4. The molecule has 0 aromatic carbocycles. The van der Waals surface area contributed by atoms with Gasteiger partial charge in [-0.3, -0.25) is 4.98 Å². The van der Waals surface area contributed by atoms with Crippen LogP contribution in [0.2, 0.25) is 0 Å². The molecular formula is C6H6N2O2. The number of oxime groups is 1. The normalized spacial score (nSPS) is 10.4. The molecule has 1 rings (SSSR count). The van der Waals surface area contributed by atoms with Gasteiger partial charge in [0.15, 0.2) is 0 Å². The maximum Gasteiger partial charge on any atom is 0.142 e. The maximum atomic E-state index is 8.98. The summed E-state index contributed by atoms with van der Waals surface area (Å²) in [5, 5.41) is 19.8. The molecule has 2 N–H and O–H groups in total. The zero-order chi connectivity index (χ0) is 7.40. The summed E-state index contributed by atoms with van der Waals surface area (Å²) >= 11 is 0. The highest BCUT2D eigenvalue weighted by molar-refractivity contribution is 5.79. The van der Waals surface area contributed by atoms with Crippen molar-refractivity contribution >= 4 is 6.21 Å². The van der Waals surface area contributed by atoms with Crippen molar-refractivity contribution in [2.45, 2.75) is 0 Å². The molecule has 1 aromatic rings. The second-order valence-corrected chi connectivity index (χ2v) is 1.65. The van der Waals surface area contributed by atoms with Crippen molar-refractivity contribution in [2.75, 3.05) is 0 Å². The van der Waals surface area contributed by atoms with E-state index in [4.69, 9.17) is 10.3 Å². The van der Waals surface area contributed by atoms with E-state index >= 15 is 0 Å². The van der Waals surface area contributed by atoms with E-state index in [9.17, 15) is 0 Å². The first-order chi connectivity index (χ1) is 4.84. The third-order valence-electron chi connectivity index (χ3n) is 0.996. The van der Waals surface area contributed by atoms with E-state index in [1.807, 2.05) is 0 Å². The fraction of sp³-hybridized carbons (Fsp3) is 0. The van der Waals surface area contributed by atoms with E-state index in [0.717, 1.165) is 6.21 Å². The third-order valence-corrected chi connectivity index (χ3v) is 0.996. The number of hydrogen-bond donors (Lipinski definition) is 2. The predicted molar refractivity (Wildman–Crippen MR) is 35.3 cm³/mol. The smallest absolute Gasteiger partial charge is 0.142 e. The van der Waals surface area contributed by atoms with Gasteiger partial charge in [-0.25, -0.2) is 0 Å². The summed E-state index contributed by atoms with van der Waals surface area (Å²) in [6, 6.07) is 3.05. The van der Waals surface area contributed by atoms with Gasteiger partial charge in [-0.1, -0.05) is 5.16 Å². The van der Waals surface area contributed by atoms with Gasteiger partial charge < -0.3 is 10.3 Å². The second kappa shape index (κ2) is 2.82. The van der Waals surface area contributed by atoms with Crippen molar-refractivity contribution in [2.24, 2.45) is 5.16 Å². The SMILES string of the molecule is O/N=C/c1ncccc1O. The fourth-order valence-corrected chi connectivity index (χ4v) is 0.563. The van der Waals surface area contributed by atoms with Gasteiger partial charge in [-0.2, -0.15) is 0 Å². The average molecular weight is 138 g/mol. The van der Waals surface area contributed by atoms with E-state index in [0.29, 0.717) is 0 Å². The Kier molecular flexibility index (Phi) is 1.84. The van der Waals surface area contributed by atoms with Gasteiger partial charge in [0, 0.05) is 6.20 Å².